The summed E-state index contributed by atoms with van der Waals surface area (Å²) in [6, 6.07) is 8.14. The Bertz CT molecular complexity index is 436. The van der Waals surface area contributed by atoms with E-state index in [1.54, 1.807) is 0 Å². The van der Waals surface area contributed by atoms with Gasteiger partial charge < -0.3 is 9.90 Å². The van der Waals surface area contributed by atoms with Crippen molar-refractivity contribution in [3.05, 3.63) is 35.4 Å². The van der Waals surface area contributed by atoms with E-state index in [2.05, 4.69) is 12.1 Å². The summed E-state index contributed by atoms with van der Waals surface area (Å²) in [6.45, 7) is 0. The minimum atomic E-state index is -0.760. The Morgan fingerprint density at radius 3 is 2.53 bits per heavy atom. The lowest BCUT2D eigenvalue weighted by Gasteiger charge is -2.14. The monoisotopic (exact) mass is 260 g/mol. The number of aryl methyl sites for hydroxylation is 1. The summed E-state index contributed by atoms with van der Waals surface area (Å²) in [4.78, 5) is 21.5. The van der Waals surface area contributed by atoms with Gasteiger partial charge in [0.15, 0.2) is 0 Å². The summed E-state index contributed by atoms with van der Waals surface area (Å²) < 4.78 is 0. The summed E-state index contributed by atoms with van der Waals surface area (Å²) >= 11 is 0. The van der Waals surface area contributed by atoms with Crippen LogP contribution in [0, 0.1) is 11.8 Å². The summed E-state index contributed by atoms with van der Waals surface area (Å²) in [7, 11) is 0. The maximum atomic E-state index is 11.0. The largest absolute Gasteiger partial charge is 0.481 e. The van der Waals surface area contributed by atoms with Crippen LogP contribution >= 0.6 is 0 Å². The van der Waals surface area contributed by atoms with Crippen molar-refractivity contribution >= 4 is 12.3 Å². The maximum Gasteiger partial charge on any atom is 0.303 e. The Morgan fingerprint density at radius 2 is 1.89 bits per heavy atom. The predicted octanol–water partition coefficient (Wildman–Crippen LogP) is 2.86. The van der Waals surface area contributed by atoms with Crippen LogP contribution in [0.1, 0.15) is 36.8 Å². The van der Waals surface area contributed by atoms with Gasteiger partial charge in [-0.05, 0) is 42.7 Å². The second-order valence-corrected chi connectivity index (χ2v) is 5.41. The highest BCUT2D eigenvalue weighted by atomic mass is 16.4. The number of hydrogen-bond acceptors (Lipinski definition) is 2. The van der Waals surface area contributed by atoms with E-state index in [1.807, 2.05) is 12.1 Å². The van der Waals surface area contributed by atoms with Crippen LogP contribution in [0.25, 0.3) is 0 Å². The Labute approximate surface area is 113 Å². The van der Waals surface area contributed by atoms with E-state index < -0.39 is 5.97 Å². The third-order valence-corrected chi connectivity index (χ3v) is 4.04. The smallest absolute Gasteiger partial charge is 0.303 e. The van der Waals surface area contributed by atoms with Gasteiger partial charge in [0.1, 0.15) is 6.29 Å². The zero-order valence-corrected chi connectivity index (χ0v) is 11.0. The number of hydrogen-bond donors (Lipinski definition) is 1. The molecule has 1 aromatic carbocycles. The van der Waals surface area contributed by atoms with Crippen molar-refractivity contribution in [1.82, 2.24) is 0 Å². The zero-order valence-electron chi connectivity index (χ0n) is 11.0. The van der Waals surface area contributed by atoms with Crippen molar-refractivity contribution in [3.8, 4) is 0 Å². The first-order chi connectivity index (χ1) is 9.19. The molecule has 1 saturated carbocycles. The Kier molecular flexibility index (Phi) is 4.72. The van der Waals surface area contributed by atoms with Crippen LogP contribution in [-0.4, -0.2) is 17.4 Å². The van der Waals surface area contributed by atoms with Crippen LogP contribution in [0.2, 0.25) is 0 Å². The van der Waals surface area contributed by atoms with Gasteiger partial charge in [0, 0.05) is 12.3 Å². The highest BCUT2D eigenvalue weighted by Crippen LogP contribution is 2.32. The second kappa shape index (κ2) is 6.50. The molecule has 0 saturated heterocycles. The van der Waals surface area contributed by atoms with Gasteiger partial charge in [0.2, 0.25) is 0 Å². The van der Waals surface area contributed by atoms with Crippen LogP contribution in [-0.2, 0) is 22.4 Å². The molecule has 1 N–H and O–H groups in total. The maximum absolute atomic E-state index is 11.0. The number of benzene rings is 1. The minimum Gasteiger partial charge on any atom is -0.481 e. The fourth-order valence-corrected chi connectivity index (χ4v) is 2.89. The average Bonchev–Trinajstić information content (AvgIpc) is 2.85. The van der Waals surface area contributed by atoms with E-state index >= 15 is 0 Å². The van der Waals surface area contributed by atoms with Crippen LogP contribution in [0.4, 0.5) is 0 Å². The molecule has 0 aliphatic heterocycles. The van der Waals surface area contributed by atoms with Gasteiger partial charge in [-0.3, -0.25) is 4.79 Å². The number of aliphatic carboxylic acids is 1. The standard InChI is InChI=1S/C16H20O3/c17-11-15-3-1-2-14(15)10-13-6-4-12(5-7-13)8-9-16(18)19/h4-7,11,14-15H,1-3,8-10H2,(H,18,19). The van der Waals surface area contributed by atoms with Gasteiger partial charge in [-0.2, -0.15) is 0 Å². The minimum absolute atomic E-state index is 0.176. The Hall–Kier alpha value is -1.64. The molecule has 1 aliphatic rings. The lowest BCUT2D eigenvalue weighted by Crippen LogP contribution is -2.11. The summed E-state index contributed by atoms with van der Waals surface area (Å²) in [5.74, 6) is -0.0436. The number of carboxylic acids is 1. The van der Waals surface area contributed by atoms with Crippen LogP contribution < -0.4 is 0 Å². The molecule has 1 aliphatic carbocycles. The molecule has 3 nitrogen and oxygen atoms in total. The molecule has 0 radical (unpaired) electrons. The van der Waals surface area contributed by atoms with Crippen molar-refractivity contribution in [1.29, 1.82) is 0 Å². The highest BCUT2D eigenvalue weighted by molar-refractivity contribution is 5.67. The number of rotatable bonds is 6. The van der Waals surface area contributed by atoms with Gasteiger partial charge in [0.25, 0.3) is 0 Å². The van der Waals surface area contributed by atoms with E-state index in [9.17, 15) is 9.59 Å². The third kappa shape index (κ3) is 3.91. The van der Waals surface area contributed by atoms with E-state index in [4.69, 9.17) is 5.11 Å². The predicted molar refractivity (Wildman–Crippen MR) is 73.0 cm³/mol. The second-order valence-electron chi connectivity index (χ2n) is 5.41. The van der Waals surface area contributed by atoms with Crippen molar-refractivity contribution < 1.29 is 14.7 Å². The fraction of sp³-hybridized carbons (Fsp3) is 0.500. The molecule has 0 bridgehead atoms. The molecule has 1 fully saturated rings. The lowest BCUT2D eigenvalue weighted by atomic mass is 9.90. The summed E-state index contributed by atoms with van der Waals surface area (Å²) in [6.07, 6.45) is 6.16. The molecular weight excluding hydrogens is 240 g/mol. The summed E-state index contributed by atoms with van der Waals surface area (Å²) in [5.41, 5.74) is 2.31. The van der Waals surface area contributed by atoms with Gasteiger partial charge >= 0.3 is 5.97 Å². The number of carbonyl (C=O) groups is 2. The fourth-order valence-electron chi connectivity index (χ4n) is 2.89. The number of aldehydes is 1. The number of carbonyl (C=O) groups excluding carboxylic acids is 1. The van der Waals surface area contributed by atoms with E-state index in [-0.39, 0.29) is 12.3 Å². The van der Waals surface area contributed by atoms with Gasteiger partial charge in [-0.25, -0.2) is 0 Å². The molecule has 1 aromatic rings. The van der Waals surface area contributed by atoms with Crippen molar-refractivity contribution in [2.45, 2.75) is 38.5 Å². The van der Waals surface area contributed by atoms with Crippen molar-refractivity contribution in [3.63, 3.8) is 0 Å². The molecule has 0 aromatic heterocycles. The summed E-state index contributed by atoms with van der Waals surface area (Å²) in [5, 5.41) is 8.64. The molecule has 102 valence electrons. The van der Waals surface area contributed by atoms with Crippen molar-refractivity contribution in [2.24, 2.45) is 11.8 Å². The molecular formula is C16H20O3. The Balaban J connectivity index is 1.91. The van der Waals surface area contributed by atoms with Crippen LogP contribution in [0.5, 0.6) is 0 Å². The molecule has 2 rings (SSSR count). The van der Waals surface area contributed by atoms with Gasteiger partial charge in [-0.1, -0.05) is 30.7 Å². The van der Waals surface area contributed by atoms with Crippen molar-refractivity contribution in [2.75, 3.05) is 0 Å². The van der Waals surface area contributed by atoms with E-state index in [1.165, 1.54) is 5.56 Å². The lowest BCUT2D eigenvalue weighted by molar-refractivity contribution is -0.137. The number of carboxylic acid groups (broad SMARTS) is 1. The topological polar surface area (TPSA) is 54.4 Å². The van der Waals surface area contributed by atoms with Crippen LogP contribution in [0.15, 0.2) is 24.3 Å². The quantitative estimate of drug-likeness (QED) is 0.800. The highest BCUT2D eigenvalue weighted by Gasteiger charge is 2.26. The molecule has 19 heavy (non-hydrogen) atoms. The first-order valence-electron chi connectivity index (χ1n) is 6.94. The first-order valence-corrected chi connectivity index (χ1v) is 6.94. The molecule has 3 heteroatoms. The van der Waals surface area contributed by atoms with E-state index in [0.717, 1.165) is 37.5 Å². The molecule has 2 unspecified atom stereocenters. The Morgan fingerprint density at radius 1 is 1.21 bits per heavy atom. The average molecular weight is 260 g/mol. The molecule has 0 spiro atoms. The third-order valence-electron chi connectivity index (χ3n) is 4.04. The zero-order chi connectivity index (χ0) is 13.7. The van der Waals surface area contributed by atoms with Gasteiger partial charge in [0.05, 0.1) is 0 Å². The molecule has 2 atom stereocenters. The van der Waals surface area contributed by atoms with Crippen LogP contribution in [0.3, 0.4) is 0 Å². The van der Waals surface area contributed by atoms with Gasteiger partial charge in [-0.15, -0.1) is 0 Å². The van der Waals surface area contributed by atoms with E-state index in [0.29, 0.717) is 12.3 Å². The molecule has 0 amide bonds. The SMILES string of the molecule is O=CC1CCCC1Cc1ccc(CCC(=O)O)cc1. The first kappa shape index (κ1) is 13.8. The normalized spacial score (nSPS) is 22.3. The molecule has 0 heterocycles.